The molecule has 0 saturated carbocycles. The lowest BCUT2D eigenvalue weighted by atomic mass is 10.0. The van der Waals surface area contributed by atoms with E-state index in [9.17, 15) is 32.4 Å². The maximum atomic E-state index is 12.6. The first-order valence-corrected chi connectivity index (χ1v) is 12.8. The van der Waals surface area contributed by atoms with Crippen molar-refractivity contribution < 1.29 is 51.1 Å². The minimum atomic E-state index is -4.92. The lowest BCUT2D eigenvalue weighted by Gasteiger charge is -2.29. The molecule has 2 saturated heterocycles. The van der Waals surface area contributed by atoms with Crippen molar-refractivity contribution in [2.75, 3.05) is 6.54 Å². The van der Waals surface area contributed by atoms with Gasteiger partial charge in [-0.2, -0.15) is 13.5 Å². The van der Waals surface area contributed by atoms with E-state index in [2.05, 4.69) is 20.5 Å². The summed E-state index contributed by atoms with van der Waals surface area (Å²) in [7, 11) is -4.92. The fraction of sp³-hybridized carbons (Fsp3) is 0.476. The number of carbonyl (C=O) groups is 5. The zero-order chi connectivity index (χ0) is 28.2. The van der Waals surface area contributed by atoms with Crippen LogP contribution < -0.4 is 20.9 Å². The van der Waals surface area contributed by atoms with Crippen LogP contribution in [0.1, 0.15) is 32.3 Å². The molecule has 16 nitrogen and oxygen atoms in total. The summed E-state index contributed by atoms with van der Waals surface area (Å²) in [5, 5.41) is 11.9. The number of hydrazine groups is 1. The molecule has 208 valence electrons. The van der Waals surface area contributed by atoms with Gasteiger partial charge in [-0.15, -0.1) is 4.28 Å². The molecule has 2 bridgehead atoms. The molecule has 2 heterocycles. The summed E-state index contributed by atoms with van der Waals surface area (Å²) >= 11 is 0. The van der Waals surface area contributed by atoms with Crippen LogP contribution >= 0.6 is 0 Å². The lowest BCUT2D eigenvalue weighted by Crippen LogP contribution is -2.54. The number of carboxylic acids is 1. The SMILES string of the molecule is CC(C)C(NC(=O)Oc1ccc(CC(=O)NNC(=O)C2CCC3CN2C(=O)N3OS(=O)(=O)O)cc1)C(=O)O. The van der Waals surface area contributed by atoms with Crippen molar-refractivity contribution in [2.24, 2.45) is 5.92 Å². The highest BCUT2D eigenvalue weighted by Gasteiger charge is 2.49. The third-order valence-corrected chi connectivity index (χ3v) is 6.18. The van der Waals surface area contributed by atoms with E-state index in [1.54, 1.807) is 13.8 Å². The molecule has 5 N–H and O–H groups in total. The van der Waals surface area contributed by atoms with E-state index in [4.69, 9.17) is 14.4 Å². The summed E-state index contributed by atoms with van der Waals surface area (Å²) in [6, 6.07) is 2.12. The molecule has 2 aliphatic heterocycles. The summed E-state index contributed by atoms with van der Waals surface area (Å²) in [6.07, 6.45) is -0.711. The number of aliphatic carboxylic acids is 1. The molecule has 2 aliphatic rings. The molecule has 38 heavy (non-hydrogen) atoms. The maximum Gasteiger partial charge on any atom is 0.418 e. The number of urea groups is 1. The van der Waals surface area contributed by atoms with Gasteiger partial charge in [-0.3, -0.25) is 25.0 Å². The topological polar surface area (TPSA) is 221 Å². The van der Waals surface area contributed by atoms with Crippen molar-refractivity contribution >= 4 is 40.3 Å². The first-order chi connectivity index (χ1) is 17.7. The Kier molecular flexibility index (Phi) is 8.74. The largest absolute Gasteiger partial charge is 0.480 e. The van der Waals surface area contributed by atoms with E-state index in [1.807, 2.05) is 0 Å². The number of carbonyl (C=O) groups excluding carboxylic acids is 4. The van der Waals surface area contributed by atoms with E-state index >= 15 is 0 Å². The minimum absolute atomic E-state index is 0.00125. The van der Waals surface area contributed by atoms with Crippen LogP contribution in [0.25, 0.3) is 0 Å². The van der Waals surface area contributed by atoms with Gasteiger partial charge < -0.3 is 20.1 Å². The minimum Gasteiger partial charge on any atom is -0.480 e. The Morgan fingerprint density at radius 1 is 1.11 bits per heavy atom. The third kappa shape index (κ3) is 7.30. The predicted molar refractivity (Wildman–Crippen MR) is 125 cm³/mol. The second kappa shape index (κ2) is 11.6. The molecule has 0 aromatic heterocycles. The molecule has 1 aromatic carbocycles. The van der Waals surface area contributed by atoms with Crippen LogP contribution in [0.4, 0.5) is 9.59 Å². The van der Waals surface area contributed by atoms with Crippen LogP contribution in [0.15, 0.2) is 24.3 Å². The number of amides is 5. The Morgan fingerprint density at radius 3 is 2.34 bits per heavy atom. The highest BCUT2D eigenvalue weighted by Crippen LogP contribution is 2.30. The van der Waals surface area contributed by atoms with Gasteiger partial charge in [0.15, 0.2) is 0 Å². The number of nitrogens with zero attached hydrogens (tertiary/aromatic N) is 2. The summed E-state index contributed by atoms with van der Waals surface area (Å²) in [4.78, 5) is 61.4. The number of rotatable bonds is 9. The van der Waals surface area contributed by atoms with E-state index < -0.39 is 58.4 Å². The zero-order valence-corrected chi connectivity index (χ0v) is 21.1. The van der Waals surface area contributed by atoms with Gasteiger partial charge in [0, 0.05) is 6.54 Å². The zero-order valence-electron chi connectivity index (χ0n) is 20.3. The van der Waals surface area contributed by atoms with Gasteiger partial charge in [-0.05, 0) is 36.5 Å². The number of ether oxygens (including phenoxy) is 1. The highest BCUT2D eigenvalue weighted by molar-refractivity contribution is 7.80. The molecule has 3 atom stereocenters. The monoisotopic (exact) mass is 557 g/mol. The Morgan fingerprint density at radius 2 is 1.76 bits per heavy atom. The predicted octanol–water partition coefficient (Wildman–Crippen LogP) is -0.423. The van der Waals surface area contributed by atoms with Gasteiger partial charge in [0.05, 0.1) is 12.5 Å². The lowest BCUT2D eigenvalue weighted by molar-refractivity contribution is -0.140. The number of carboxylic acid groups (broad SMARTS) is 1. The van der Waals surface area contributed by atoms with Gasteiger partial charge in [0.1, 0.15) is 17.8 Å². The Labute approximate surface area is 217 Å². The molecule has 0 aliphatic carbocycles. The van der Waals surface area contributed by atoms with E-state index in [-0.39, 0.29) is 37.5 Å². The van der Waals surface area contributed by atoms with Gasteiger partial charge in [0.2, 0.25) is 5.91 Å². The van der Waals surface area contributed by atoms with Crippen molar-refractivity contribution in [1.29, 1.82) is 0 Å². The smallest absolute Gasteiger partial charge is 0.418 e. The fourth-order valence-electron chi connectivity index (χ4n) is 4.00. The molecule has 1 aromatic rings. The number of hydrogen-bond acceptors (Lipinski definition) is 9. The second-order valence-electron chi connectivity index (χ2n) is 8.96. The first-order valence-electron chi connectivity index (χ1n) is 11.4. The Balaban J connectivity index is 1.47. The van der Waals surface area contributed by atoms with Crippen molar-refractivity contribution in [3.63, 3.8) is 0 Å². The van der Waals surface area contributed by atoms with E-state index in [0.29, 0.717) is 10.6 Å². The van der Waals surface area contributed by atoms with Crippen molar-refractivity contribution in [3.8, 4) is 5.75 Å². The molecule has 17 heteroatoms. The average molecular weight is 558 g/mol. The van der Waals surface area contributed by atoms with Crippen LogP contribution in [-0.2, 0) is 35.5 Å². The third-order valence-electron chi connectivity index (χ3n) is 5.83. The van der Waals surface area contributed by atoms with E-state index in [0.717, 1.165) is 4.90 Å². The van der Waals surface area contributed by atoms with Gasteiger partial charge in [-0.25, -0.2) is 14.4 Å². The maximum absolute atomic E-state index is 12.6. The van der Waals surface area contributed by atoms with Crippen molar-refractivity contribution in [1.82, 2.24) is 26.1 Å². The second-order valence-corrected chi connectivity index (χ2v) is 9.97. The standard InChI is InChI=1S/C21H27N5O11S/c1-11(2)17(19(29)30)22-20(31)36-14-6-3-12(4-7-14)9-16(27)23-24-18(28)15-8-5-13-10-25(15)21(32)26(13)37-38(33,34)35/h3-4,6-7,11,13,15,17H,5,8-10H2,1-2H3,(H,22,31)(H,23,27)(H,24,28)(H,29,30)(H,33,34,35). The molecular weight excluding hydrogens is 530 g/mol. The molecule has 0 radical (unpaired) electrons. The Bertz CT molecular complexity index is 1200. The van der Waals surface area contributed by atoms with Crippen molar-refractivity contribution in [3.05, 3.63) is 29.8 Å². The summed E-state index contributed by atoms with van der Waals surface area (Å²) < 4.78 is 40.1. The number of fused-ring (bicyclic) bond motifs is 2. The van der Waals surface area contributed by atoms with Crippen LogP contribution in [0.3, 0.4) is 0 Å². The van der Waals surface area contributed by atoms with Crippen molar-refractivity contribution in [2.45, 2.75) is 51.2 Å². The van der Waals surface area contributed by atoms with E-state index in [1.165, 1.54) is 24.3 Å². The quantitative estimate of drug-likeness (QED) is 0.194. The number of hydroxylamine groups is 2. The number of piperidine rings is 1. The van der Waals surface area contributed by atoms with Gasteiger partial charge in [0.25, 0.3) is 5.91 Å². The van der Waals surface area contributed by atoms with Crippen LogP contribution in [0.2, 0.25) is 0 Å². The summed E-state index contributed by atoms with van der Waals surface area (Å²) in [6.45, 7) is 3.27. The summed E-state index contributed by atoms with van der Waals surface area (Å²) in [5.41, 5.74) is 4.96. The van der Waals surface area contributed by atoms with Crippen LogP contribution in [0, 0.1) is 5.92 Å². The molecular formula is C21H27N5O11S. The highest BCUT2D eigenvalue weighted by atomic mass is 32.3. The number of nitrogens with one attached hydrogen (secondary N) is 3. The van der Waals surface area contributed by atoms with Crippen LogP contribution in [-0.4, -0.2) is 82.6 Å². The van der Waals surface area contributed by atoms with Gasteiger partial charge >= 0.3 is 28.5 Å². The molecule has 3 unspecified atom stereocenters. The molecule has 2 fully saturated rings. The number of benzene rings is 1. The number of hydrogen-bond donors (Lipinski definition) is 5. The van der Waals surface area contributed by atoms with Crippen LogP contribution in [0.5, 0.6) is 5.75 Å². The van der Waals surface area contributed by atoms with Gasteiger partial charge in [-0.1, -0.05) is 26.0 Å². The fourth-order valence-corrected chi connectivity index (χ4v) is 4.39. The Hall–Kier alpha value is -3.96. The average Bonchev–Trinajstić information content (AvgIpc) is 3.05. The summed E-state index contributed by atoms with van der Waals surface area (Å²) in [5.74, 6) is -2.73. The first kappa shape index (κ1) is 28.6. The molecule has 5 amide bonds. The molecule has 0 spiro atoms. The normalized spacial score (nSPS) is 19.6. The molecule has 3 rings (SSSR count).